The van der Waals surface area contributed by atoms with Gasteiger partial charge in [0.15, 0.2) is 0 Å². The molecular weight excluding hydrogens is 316 g/mol. The van der Waals surface area contributed by atoms with E-state index in [1.165, 1.54) is 0 Å². The van der Waals surface area contributed by atoms with Gasteiger partial charge >= 0.3 is 0 Å². The SMILES string of the molecule is O=C1CCC(C(=O)NC(COCc2ccccc2)c2ccccc2)N1. The summed E-state index contributed by atoms with van der Waals surface area (Å²) < 4.78 is 5.82. The molecule has 2 atom stereocenters. The third-order valence-electron chi connectivity index (χ3n) is 4.23. The Morgan fingerprint density at radius 2 is 1.80 bits per heavy atom. The molecule has 2 N–H and O–H groups in total. The normalized spacial score (nSPS) is 17.8. The Bertz CT molecular complexity index is 703. The van der Waals surface area contributed by atoms with Crippen molar-refractivity contribution in [3.8, 4) is 0 Å². The van der Waals surface area contributed by atoms with Crippen LogP contribution in [0.3, 0.4) is 0 Å². The summed E-state index contributed by atoms with van der Waals surface area (Å²) in [6.07, 6.45) is 0.940. The van der Waals surface area contributed by atoms with Crippen LogP contribution in [0.2, 0.25) is 0 Å². The number of rotatable bonds is 7. The molecule has 2 aromatic rings. The van der Waals surface area contributed by atoms with E-state index in [1.54, 1.807) is 0 Å². The first-order chi connectivity index (χ1) is 12.2. The Labute approximate surface area is 147 Å². The molecular formula is C20H22N2O3. The van der Waals surface area contributed by atoms with E-state index in [2.05, 4.69) is 10.6 Å². The Morgan fingerprint density at radius 3 is 2.44 bits per heavy atom. The van der Waals surface area contributed by atoms with Crippen LogP contribution in [0.5, 0.6) is 0 Å². The van der Waals surface area contributed by atoms with E-state index in [1.807, 2.05) is 60.7 Å². The second-order valence-electron chi connectivity index (χ2n) is 6.13. The van der Waals surface area contributed by atoms with Gasteiger partial charge in [0.1, 0.15) is 6.04 Å². The summed E-state index contributed by atoms with van der Waals surface area (Å²) in [6, 6.07) is 18.9. The molecule has 0 bridgehead atoms. The molecule has 0 radical (unpaired) electrons. The van der Waals surface area contributed by atoms with Crippen molar-refractivity contribution in [2.75, 3.05) is 6.61 Å². The lowest BCUT2D eigenvalue weighted by Gasteiger charge is -2.21. The van der Waals surface area contributed by atoms with Crippen molar-refractivity contribution in [1.82, 2.24) is 10.6 Å². The van der Waals surface area contributed by atoms with Gasteiger partial charge in [-0.2, -0.15) is 0 Å². The number of carbonyl (C=O) groups excluding carboxylic acids is 2. The first kappa shape index (κ1) is 17.2. The maximum absolute atomic E-state index is 12.4. The maximum atomic E-state index is 12.4. The van der Waals surface area contributed by atoms with Crippen molar-refractivity contribution in [3.05, 3.63) is 71.8 Å². The van der Waals surface area contributed by atoms with Gasteiger partial charge in [0.05, 0.1) is 19.3 Å². The summed E-state index contributed by atoms with van der Waals surface area (Å²) in [7, 11) is 0. The minimum absolute atomic E-state index is 0.0725. The van der Waals surface area contributed by atoms with Crippen molar-refractivity contribution < 1.29 is 14.3 Å². The van der Waals surface area contributed by atoms with Crippen LogP contribution < -0.4 is 10.6 Å². The third-order valence-corrected chi connectivity index (χ3v) is 4.23. The fourth-order valence-electron chi connectivity index (χ4n) is 2.86. The average molecular weight is 338 g/mol. The highest BCUT2D eigenvalue weighted by Gasteiger charge is 2.28. The lowest BCUT2D eigenvalue weighted by atomic mass is 10.1. The zero-order valence-corrected chi connectivity index (χ0v) is 14.0. The summed E-state index contributed by atoms with van der Waals surface area (Å²) in [5, 5.41) is 5.70. The third kappa shape index (κ3) is 4.90. The van der Waals surface area contributed by atoms with Crippen LogP contribution in [0.1, 0.15) is 30.0 Å². The summed E-state index contributed by atoms with van der Waals surface area (Å²) in [5.41, 5.74) is 2.07. The molecule has 0 aromatic heterocycles. The minimum atomic E-state index is -0.451. The monoisotopic (exact) mass is 338 g/mol. The molecule has 1 heterocycles. The molecule has 2 unspecified atom stereocenters. The molecule has 5 nitrogen and oxygen atoms in total. The fraction of sp³-hybridized carbons (Fsp3) is 0.300. The molecule has 1 fully saturated rings. The number of ether oxygens (including phenoxy) is 1. The van der Waals surface area contributed by atoms with Crippen LogP contribution in [0.15, 0.2) is 60.7 Å². The Balaban J connectivity index is 1.61. The first-order valence-corrected chi connectivity index (χ1v) is 8.49. The first-order valence-electron chi connectivity index (χ1n) is 8.49. The summed E-state index contributed by atoms with van der Waals surface area (Å²) >= 11 is 0. The number of carbonyl (C=O) groups is 2. The van der Waals surface area contributed by atoms with Gasteiger partial charge in [-0.05, 0) is 17.5 Å². The second kappa shape index (κ2) is 8.44. The number of hydrogen-bond donors (Lipinski definition) is 2. The number of amides is 2. The molecule has 2 amide bonds. The molecule has 3 rings (SSSR count). The summed E-state index contributed by atoms with van der Waals surface area (Å²) in [5.74, 6) is -0.236. The largest absolute Gasteiger partial charge is 0.374 e. The van der Waals surface area contributed by atoms with Crippen LogP contribution >= 0.6 is 0 Å². The molecule has 0 saturated carbocycles. The van der Waals surface area contributed by atoms with Crippen LogP contribution in [0.4, 0.5) is 0 Å². The molecule has 0 spiro atoms. The van der Waals surface area contributed by atoms with Crippen molar-refractivity contribution in [1.29, 1.82) is 0 Å². The average Bonchev–Trinajstić information content (AvgIpc) is 3.09. The molecule has 2 aromatic carbocycles. The van der Waals surface area contributed by atoms with Gasteiger partial charge in [-0.15, -0.1) is 0 Å². The lowest BCUT2D eigenvalue weighted by Crippen LogP contribution is -2.44. The predicted molar refractivity (Wildman–Crippen MR) is 94.6 cm³/mol. The molecule has 5 heteroatoms. The standard InChI is InChI=1S/C20H22N2O3/c23-19-12-11-17(21-19)20(24)22-18(16-9-5-2-6-10-16)14-25-13-15-7-3-1-4-8-15/h1-10,17-18H,11-14H2,(H,21,23)(H,22,24). The van der Waals surface area contributed by atoms with Crippen molar-refractivity contribution in [2.45, 2.75) is 31.5 Å². The van der Waals surface area contributed by atoms with Gasteiger partial charge < -0.3 is 15.4 Å². The number of benzene rings is 2. The van der Waals surface area contributed by atoms with E-state index in [0.717, 1.165) is 11.1 Å². The predicted octanol–water partition coefficient (Wildman–Crippen LogP) is 2.34. The van der Waals surface area contributed by atoms with E-state index in [9.17, 15) is 9.59 Å². The van der Waals surface area contributed by atoms with Crippen molar-refractivity contribution in [2.24, 2.45) is 0 Å². The zero-order valence-electron chi connectivity index (χ0n) is 14.0. The number of nitrogens with one attached hydrogen (secondary N) is 2. The Kier molecular flexibility index (Phi) is 5.80. The molecule has 25 heavy (non-hydrogen) atoms. The second-order valence-corrected chi connectivity index (χ2v) is 6.13. The fourth-order valence-corrected chi connectivity index (χ4v) is 2.86. The van der Waals surface area contributed by atoms with Gasteiger partial charge in [0, 0.05) is 6.42 Å². The van der Waals surface area contributed by atoms with E-state index < -0.39 is 6.04 Å². The van der Waals surface area contributed by atoms with Crippen molar-refractivity contribution >= 4 is 11.8 Å². The smallest absolute Gasteiger partial charge is 0.243 e. The highest BCUT2D eigenvalue weighted by atomic mass is 16.5. The van der Waals surface area contributed by atoms with Gasteiger partial charge in [-0.25, -0.2) is 0 Å². The van der Waals surface area contributed by atoms with Crippen LogP contribution in [-0.2, 0) is 20.9 Å². The highest BCUT2D eigenvalue weighted by molar-refractivity contribution is 5.90. The molecule has 130 valence electrons. The molecule has 1 aliphatic heterocycles. The quantitative estimate of drug-likeness (QED) is 0.814. The Morgan fingerprint density at radius 1 is 1.12 bits per heavy atom. The van der Waals surface area contributed by atoms with Gasteiger partial charge in [0.25, 0.3) is 0 Å². The van der Waals surface area contributed by atoms with Gasteiger partial charge in [0.2, 0.25) is 11.8 Å². The van der Waals surface area contributed by atoms with Crippen LogP contribution in [0.25, 0.3) is 0 Å². The Hall–Kier alpha value is -2.66. The van der Waals surface area contributed by atoms with E-state index in [4.69, 9.17) is 4.74 Å². The van der Waals surface area contributed by atoms with Crippen LogP contribution in [0, 0.1) is 0 Å². The molecule has 1 saturated heterocycles. The molecule has 0 aliphatic carbocycles. The van der Waals surface area contributed by atoms with Crippen LogP contribution in [-0.4, -0.2) is 24.5 Å². The van der Waals surface area contributed by atoms with Gasteiger partial charge in [-0.1, -0.05) is 60.7 Å². The zero-order chi connectivity index (χ0) is 17.5. The van der Waals surface area contributed by atoms with E-state index in [-0.39, 0.29) is 17.9 Å². The van der Waals surface area contributed by atoms with Crippen molar-refractivity contribution in [3.63, 3.8) is 0 Å². The van der Waals surface area contributed by atoms with E-state index >= 15 is 0 Å². The topological polar surface area (TPSA) is 67.4 Å². The lowest BCUT2D eigenvalue weighted by molar-refractivity contribution is -0.126. The van der Waals surface area contributed by atoms with Gasteiger partial charge in [-0.3, -0.25) is 9.59 Å². The summed E-state index contributed by atoms with van der Waals surface area (Å²) in [6.45, 7) is 0.853. The number of hydrogen-bond acceptors (Lipinski definition) is 3. The van der Waals surface area contributed by atoms with E-state index in [0.29, 0.717) is 26.1 Å². The maximum Gasteiger partial charge on any atom is 0.243 e. The summed E-state index contributed by atoms with van der Waals surface area (Å²) in [4.78, 5) is 23.8. The highest BCUT2D eigenvalue weighted by Crippen LogP contribution is 2.16. The minimum Gasteiger partial charge on any atom is -0.374 e. The molecule has 1 aliphatic rings.